The third kappa shape index (κ3) is 5.25. The molecule has 0 fully saturated rings. The zero-order valence-corrected chi connectivity index (χ0v) is 18.1. The Kier molecular flexibility index (Phi) is 6.09. The van der Waals surface area contributed by atoms with Crippen LogP contribution in [0.3, 0.4) is 0 Å². The average molecular weight is 448 g/mol. The van der Waals surface area contributed by atoms with Crippen molar-refractivity contribution in [3.05, 3.63) is 108 Å². The second-order valence-electron chi connectivity index (χ2n) is 7.24. The van der Waals surface area contributed by atoms with Crippen LogP contribution in [0.15, 0.2) is 100 Å². The molecular weight excluding hydrogens is 426 g/mol. The van der Waals surface area contributed by atoms with Gasteiger partial charge in [0, 0.05) is 5.69 Å². The van der Waals surface area contributed by atoms with Gasteiger partial charge in [0.15, 0.2) is 15.6 Å². The number of hydrogen-bond donors (Lipinski definition) is 1. The summed E-state index contributed by atoms with van der Waals surface area (Å²) < 4.78 is 36.2. The summed E-state index contributed by atoms with van der Waals surface area (Å²) in [5.41, 5.74) is 1.65. The van der Waals surface area contributed by atoms with Gasteiger partial charge >= 0.3 is 0 Å². The molecule has 0 atom stereocenters. The van der Waals surface area contributed by atoms with Crippen molar-refractivity contribution in [1.29, 1.82) is 0 Å². The molecule has 0 saturated heterocycles. The van der Waals surface area contributed by atoms with Gasteiger partial charge in [0.2, 0.25) is 0 Å². The van der Waals surface area contributed by atoms with Crippen molar-refractivity contribution in [2.45, 2.75) is 17.6 Å². The largest absolute Gasteiger partial charge is 0.457 e. The van der Waals surface area contributed by atoms with Gasteiger partial charge in [-0.2, -0.15) is 0 Å². The SMILES string of the molecule is Cc1cccc(Oc2ccc(NC(=O)c3ccc(CS(=O)(=O)c4ccccc4)o3)cc2)c1. The zero-order chi connectivity index (χ0) is 22.6. The normalized spacial score (nSPS) is 11.2. The molecule has 1 N–H and O–H groups in total. The molecule has 4 rings (SSSR count). The lowest BCUT2D eigenvalue weighted by Crippen LogP contribution is -2.10. The Balaban J connectivity index is 1.39. The van der Waals surface area contributed by atoms with E-state index in [0.717, 1.165) is 11.3 Å². The quantitative estimate of drug-likeness (QED) is 0.398. The van der Waals surface area contributed by atoms with E-state index in [1.54, 1.807) is 42.5 Å². The van der Waals surface area contributed by atoms with E-state index in [1.165, 1.54) is 24.3 Å². The summed E-state index contributed by atoms with van der Waals surface area (Å²) in [4.78, 5) is 12.7. The molecule has 0 aliphatic carbocycles. The summed E-state index contributed by atoms with van der Waals surface area (Å²) in [6.45, 7) is 1.99. The fraction of sp³-hybridized carbons (Fsp3) is 0.0800. The third-order valence-corrected chi connectivity index (χ3v) is 6.31. The van der Waals surface area contributed by atoms with Gasteiger partial charge in [-0.05, 0) is 73.2 Å². The van der Waals surface area contributed by atoms with E-state index >= 15 is 0 Å². The number of amides is 1. The molecule has 1 aromatic heterocycles. The van der Waals surface area contributed by atoms with Crippen LogP contribution in [0.2, 0.25) is 0 Å². The van der Waals surface area contributed by atoms with Gasteiger partial charge in [0.1, 0.15) is 23.0 Å². The van der Waals surface area contributed by atoms with E-state index < -0.39 is 15.7 Å². The van der Waals surface area contributed by atoms with Crippen molar-refractivity contribution < 1.29 is 22.4 Å². The van der Waals surface area contributed by atoms with Crippen LogP contribution in [0.25, 0.3) is 0 Å². The minimum absolute atomic E-state index is 0.0309. The molecule has 0 aliphatic rings. The molecule has 162 valence electrons. The van der Waals surface area contributed by atoms with Gasteiger partial charge < -0.3 is 14.5 Å². The fourth-order valence-electron chi connectivity index (χ4n) is 3.09. The van der Waals surface area contributed by atoms with Crippen LogP contribution in [0, 0.1) is 6.92 Å². The molecule has 3 aromatic carbocycles. The average Bonchev–Trinajstić information content (AvgIpc) is 3.24. The van der Waals surface area contributed by atoms with Gasteiger partial charge in [0.25, 0.3) is 5.91 Å². The smallest absolute Gasteiger partial charge is 0.291 e. The summed E-state index contributed by atoms with van der Waals surface area (Å²) in [5, 5.41) is 2.73. The predicted molar refractivity (Wildman–Crippen MR) is 122 cm³/mol. The molecular formula is C25H21NO5S. The lowest BCUT2D eigenvalue weighted by molar-refractivity contribution is 0.0995. The van der Waals surface area contributed by atoms with Crippen LogP contribution in [0.5, 0.6) is 11.5 Å². The number of nitrogens with one attached hydrogen (secondary N) is 1. The molecule has 0 bridgehead atoms. The van der Waals surface area contributed by atoms with Crippen LogP contribution in [-0.4, -0.2) is 14.3 Å². The molecule has 0 spiro atoms. The predicted octanol–water partition coefficient (Wildman–Crippen LogP) is 5.61. The van der Waals surface area contributed by atoms with Gasteiger partial charge in [-0.25, -0.2) is 8.42 Å². The van der Waals surface area contributed by atoms with Crippen molar-refractivity contribution in [1.82, 2.24) is 0 Å². The molecule has 32 heavy (non-hydrogen) atoms. The number of furan rings is 1. The minimum Gasteiger partial charge on any atom is -0.457 e. The van der Waals surface area contributed by atoms with Crippen molar-refractivity contribution >= 4 is 21.4 Å². The van der Waals surface area contributed by atoms with Crippen molar-refractivity contribution in [2.75, 3.05) is 5.32 Å². The second-order valence-corrected chi connectivity index (χ2v) is 9.22. The van der Waals surface area contributed by atoms with Crippen molar-refractivity contribution in [3.8, 4) is 11.5 Å². The summed E-state index contributed by atoms with van der Waals surface area (Å²) in [7, 11) is -3.56. The third-order valence-electron chi connectivity index (χ3n) is 4.66. The number of rotatable bonds is 7. The lowest BCUT2D eigenvalue weighted by atomic mass is 10.2. The number of hydrogen-bond acceptors (Lipinski definition) is 5. The summed E-state index contributed by atoms with van der Waals surface area (Å²) >= 11 is 0. The molecule has 6 nitrogen and oxygen atoms in total. The molecule has 0 aliphatic heterocycles. The van der Waals surface area contributed by atoms with Gasteiger partial charge in [-0.1, -0.05) is 30.3 Å². The standard InChI is InChI=1S/C25H21NO5S/c1-18-6-5-7-21(16-18)30-20-12-10-19(11-13-20)26-25(27)24-15-14-22(31-24)17-32(28,29)23-8-3-2-4-9-23/h2-16H,17H2,1H3,(H,26,27). The topological polar surface area (TPSA) is 85.6 Å². The Labute approximate surface area is 186 Å². The number of carbonyl (C=O) groups is 1. The minimum atomic E-state index is -3.56. The molecule has 4 aromatic rings. The number of carbonyl (C=O) groups excluding carboxylic acids is 1. The molecule has 0 radical (unpaired) electrons. The van der Waals surface area contributed by atoms with Crippen LogP contribution < -0.4 is 10.1 Å². The van der Waals surface area contributed by atoms with Crippen LogP contribution >= 0.6 is 0 Å². The summed E-state index contributed by atoms with van der Waals surface area (Å²) in [5.74, 6) is 0.801. The van der Waals surface area contributed by atoms with E-state index in [9.17, 15) is 13.2 Å². The maximum Gasteiger partial charge on any atom is 0.291 e. The van der Waals surface area contributed by atoms with Crippen LogP contribution in [0.1, 0.15) is 21.9 Å². The highest BCUT2D eigenvalue weighted by Crippen LogP contribution is 2.24. The van der Waals surface area contributed by atoms with Crippen molar-refractivity contribution in [3.63, 3.8) is 0 Å². The molecule has 1 amide bonds. The maximum absolute atomic E-state index is 12.5. The highest BCUT2D eigenvalue weighted by atomic mass is 32.2. The highest BCUT2D eigenvalue weighted by molar-refractivity contribution is 7.90. The first kappa shape index (κ1) is 21.4. The number of benzene rings is 3. The zero-order valence-electron chi connectivity index (χ0n) is 17.3. The summed E-state index contributed by atoms with van der Waals surface area (Å²) in [6, 6.07) is 25.7. The van der Waals surface area contributed by atoms with Gasteiger partial charge in [0.05, 0.1) is 4.90 Å². The first-order valence-corrected chi connectivity index (χ1v) is 11.6. The van der Waals surface area contributed by atoms with E-state index in [1.807, 2.05) is 31.2 Å². The molecule has 0 saturated carbocycles. The molecule has 1 heterocycles. The van der Waals surface area contributed by atoms with E-state index in [4.69, 9.17) is 9.15 Å². The number of anilines is 1. The van der Waals surface area contributed by atoms with Gasteiger partial charge in [-0.3, -0.25) is 4.79 Å². The first-order valence-electron chi connectivity index (χ1n) is 9.91. The maximum atomic E-state index is 12.5. The van der Waals surface area contributed by atoms with E-state index in [-0.39, 0.29) is 22.2 Å². The fourth-order valence-corrected chi connectivity index (χ4v) is 4.36. The monoisotopic (exact) mass is 447 g/mol. The molecule has 0 unspecified atom stereocenters. The Morgan fingerprint density at radius 1 is 0.875 bits per heavy atom. The van der Waals surface area contributed by atoms with Gasteiger partial charge in [-0.15, -0.1) is 0 Å². The summed E-state index contributed by atoms with van der Waals surface area (Å²) in [6.07, 6.45) is 0. The number of ether oxygens (including phenoxy) is 1. The first-order chi connectivity index (χ1) is 15.4. The Bertz CT molecular complexity index is 1330. The molecule has 7 heteroatoms. The van der Waals surface area contributed by atoms with E-state index in [2.05, 4.69) is 5.32 Å². The highest BCUT2D eigenvalue weighted by Gasteiger charge is 2.19. The van der Waals surface area contributed by atoms with Crippen LogP contribution in [-0.2, 0) is 15.6 Å². The lowest BCUT2D eigenvalue weighted by Gasteiger charge is -2.08. The van der Waals surface area contributed by atoms with Crippen LogP contribution in [0.4, 0.5) is 5.69 Å². The number of aryl methyl sites for hydroxylation is 1. The second kappa shape index (κ2) is 9.11. The Morgan fingerprint density at radius 2 is 1.62 bits per heavy atom. The number of sulfone groups is 1. The Morgan fingerprint density at radius 3 is 2.34 bits per heavy atom. The van der Waals surface area contributed by atoms with Crippen molar-refractivity contribution in [2.24, 2.45) is 0 Å². The van der Waals surface area contributed by atoms with E-state index in [0.29, 0.717) is 11.4 Å². The Hall–Kier alpha value is -3.84.